The van der Waals surface area contributed by atoms with Gasteiger partial charge in [-0.15, -0.1) is 10.2 Å². The number of anilines is 1. The average molecular weight is 257 g/mol. The van der Waals surface area contributed by atoms with E-state index in [2.05, 4.69) is 10.2 Å². The van der Waals surface area contributed by atoms with Crippen LogP contribution in [0.5, 0.6) is 11.5 Å². The molecule has 98 valence electrons. The summed E-state index contributed by atoms with van der Waals surface area (Å²) in [7, 11) is 3.77. The summed E-state index contributed by atoms with van der Waals surface area (Å²) in [6.45, 7) is 0. The van der Waals surface area contributed by atoms with Gasteiger partial charge < -0.3 is 15.1 Å². The number of hydrogen-bond donors (Lipinski definition) is 2. The van der Waals surface area contributed by atoms with E-state index < -0.39 is 0 Å². The summed E-state index contributed by atoms with van der Waals surface area (Å²) < 4.78 is 0. The first-order chi connectivity index (χ1) is 9.08. The molecule has 0 unspecified atom stereocenters. The minimum Gasteiger partial charge on any atom is -0.506 e. The van der Waals surface area contributed by atoms with E-state index in [9.17, 15) is 10.2 Å². The van der Waals surface area contributed by atoms with Gasteiger partial charge in [0.05, 0.1) is 0 Å². The van der Waals surface area contributed by atoms with Crippen LogP contribution in [0.15, 0.2) is 52.7 Å². The number of phenols is 2. The first-order valence-electron chi connectivity index (χ1n) is 5.78. The second-order valence-electron chi connectivity index (χ2n) is 4.26. The SMILES string of the molecule is CN(C)c1ccc(N=Nc2ccccc2O)c(O)c1. The van der Waals surface area contributed by atoms with Gasteiger partial charge in [-0.2, -0.15) is 0 Å². The molecule has 0 heterocycles. The minimum atomic E-state index is 0.0466. The highest BCUT2D eigenvalue weighted by molar-refractivity contribution is 5.61. The molecule has 19 heavy (non-hydrogen) atoms. The molecule has 0 radical (unpaired) electrons. The lowest BCUT2D eigenvalue weighted by Crippen LogP contribution is -2.07. The summed E-state index contributed by atoms with van der Waals surface area (Å²) >= 11 is 0. The maximum Gasteiger partial charge on any atom is 0.145 e. The zero-order valence-electron chi connectivity index (χ0n) is 10.8. The zero-order valence-corrected chi connectivity index (χ0v) is 10.8. The highest BCUT2D eigenvalue weighted by Crippen LogP contribution is 2.33. The Labute approximate surface area is 111 Å². The minimum absolute atomic E-state index is 0.0466. The van der Waals surface area contributed by atoms with E-state index in [4.69, 9.17) is 0 Å². The maximum atomic E-state index is 9.84. The van der Waals surface area contributed by atoms with Crippen molar-refractivity contribution in [1.29, 1.82) is 0 Å². The number of azo groups is 1. The number of phenolic OH excluding ortho intramolecular Hbond substituents is 2. The van der Waals surface area contributed by atoms with Gasteiger partial charge in [0.1, 0.15) is 22.9 Å². The summed E-state index contributed by atoms with van der Waals surface area (Å²) in [4.78, 5) is 1.88. The van der Waals surface area contributed by atoms with Crippen molar-refractivity contribution in [1.82, 2.24) is 0 Å². The second kappa shape index (κ2) is 5.39. The monoisotopic (exact) mass is 257 g/mol. The number of benzene rings is 2. The number of nitrogens with zero attached hydrogens (tertiary/aromatic N) is 3. The van der Waals surface area contributed by atoms with E-state index in [0.29, 0.717) is 11.4 Å². The molecule has 0 aliphatic heterocycles. The van der Waals surface area contributed by atoms with Gasteiger partial charge in [-0.05, 0) is 24.3 Å². The Morgan fingerprint density at radius 2 is 1.47 bits per heavy atom. The Morgan fingerprint density at radius 3 is 2.05 bits per heavy atom. The quantitative estimate of drug-likeness (QED) is 0.826. The van der Waals surface area contributed by atoms with Crippen molar-refractivity contribution >= 4 is 17.1 Å². The van der Waals surface area contributed by atoms with Gasteiger partial charge >= 0.3 is 0 Å². The van der Waals surface area contributed by atoms with E-state index >= 15 is 0 Å². The highest BCUT2D eigenvalue weighted by atomic mass is 16.3. The normalized spacial score (nSPS) is 10.8. The molecule has 5 heteroatoms. The van der Waals surface area contributed by atoms with Crippen molar-refractivity contribution < 1.29 is 10.2 Å². The third kappa shape index (κ3) is 3.01. The maximum absolute atomic E-state index is 9.84. The molecule has 0 saturated heterocycles. The van der Waals surface area contributed by atoms with Gasteiger partial charge in [0.15, 0.2) is 0 Å². The molecule has 0 saturated carbocycles. The Morgan fingerprint density at radius 1 is 0.842 bits per heavy atom. The fourth-order valence-corrected chi connectivity index (χ4v) is 1.53. The van der Waals surface area contributed by atoms with E-state index in [0.717, 1.165) is 5.69 Å². The standard InChI is InChI=1S/C14H15N3O2/c1-17(2)10-7-8-12(14(19)9-10)16-15-11-5-3-4-6-13(11)18/h3-9,18-19H,1-2H3. The van der Waals surface area contributed by atoms with Crippen molar-refractivity contribution in [2.75, 3.05) is 19.0 Å². The summed E-state index contributed by atoms with van der Waals surface area (Å²) in [5, 5.41) is 27.2. The Balaban J connectivity index is 2.27. The van der Waals surface area contributed by atoms with Crippen molar-refractivity contribution in [3.63, 3.8) is 0 Å². The van der Waals surface area contributed by atoms with Crippen molar-refractivity contribution in [2.24, 2.45) is 10.2 Å². The molecular weight excluding hydrogens is 242 g/mol. The van der Waals surface area contributed by atoms with Crippen LogP contribution < -0.4 is 4.90 Å². The molecule has 2 N–H and O–H groups in total. The molecule has 0 spiro atoms. The third-order valence-corrected chi connectivity index (χ3v) is 2.62. The third-order valence-electron chi connectivity index (χ3n) is 2.62. The van der Waals surface area contributed by atoms with E-state index in [1.54, 1.807) is 30.3 Å². The highest BCUT2D eigenvalue weighted by Gasteiger charge is 2.03. The predicted molar refractivity (Wildman–Crippen MR) is 74.7 cm³/mol. The van der Waals surface area contributed by atoms with Crippen molar-refractivity contribution in [3.8, 4) is 11.5 Å². The first kappa shape index (κ1) is 12.9. The van der Waals surface area contributed by atoms with Gasteiger partial charge in [0.2, 0.25) is 0 Å². The molecule has 0 aliphatic rings. The largest absolute Gasteiger partial charge is 0.506 e. The molecule has 5 nitrogen and oxygen atoms in total. The van der Waals surface area contributed by atoms with Gasteiger partial charge in [-0.1, -0.05) is 12.1 Å². The molecule has 2 rings (SSSR count). The number of rotatable bonds is 3. The van der Waals surface area contributed by atoms with Crippen LogP contribution in [0.4, 0.5) is 17.1 Å². The number of aromatic hydroxyl groups is 2. The molecule has 0 atom stereocenters. The molecule has 0 bridgehead atoms. The molecule has 0 aromatic heterocycles. The second-order valence-corrected chi connectivity index (χ2v) is 4.26. The van der Waals surface area contributed by atoms with Crippen molar-refractivity contribution in [3.05, 3.63) is 42.5 Å². The van der Waals surface area contributed by atoms with Gasteiger partial charge in [0, 0.05) is 25.8 Å². The van der Waals surface area contributed by atoms with Gasteiger partial charge in [0.25, 0.3) is 0 Å². The van der Waals surface area contributed by atoms with Crippen LogP contribution >= 0.6 is 0 Å². The van der Waals surface area contributed by atoms with E-state index in [-0.39, 0.29) is 11.5 Å². The van der Waals surface area contributed by atoms with Crippen LogP contribution in [-0.2, 0) is 0 Å². The average Bonchev–Trinajstić information content (AvgIpc) is 2.39. The van der Waals surface area contributed by atoms with E-state index in [1.807, 2.05) is 25.1 Å². The van der Waals surface area contributed by atoms with Gasteiger partial charge in [-0.3, -0.25) is 0 Å². The first-order valence-corrected chi connectivity index (χ1v) is 5.78. The van der Waals surface area contributed by atoms with Crippen LogP contribution in [0.25, 0.3) is 0 Å². The lowest BCUT2D eigenvalue weighted by molar-refractivity contribution is 0.474. The topological polar surface area (TPSA) is 68.4 Å². The Bertz CT molecular complexity index is 609. The zero-order chi connectivity index (χ0) is 13.8. The van der Waals surface area contributed by atoms with Crippen molar-refractivity contribution in [2.45, 2.75) is 0 Å². The lowest BCUT2D eigenvalue weighted by atomic mass is 10.2. The van der Waals surface area contributed by atoms with Crippen LogP contribution in [0.1, 0.15) is 0 Å². The fourth-order valence-electron chi connectivity index (χ4n) is 1.53. The van der Waals surface area contributed by atoms with Gasteiger partial charge in [-0.25, -0.2) is 0 Å². The summed E-state index contributed by atoms with van der Waals surface area (Å²) in [5.41, 5.74) is 1.59. The fraction of sp³-hybridized carbons (Fsp3) is 0.143. The Hall–Kier alpha value is -2.56. The van der Waals surface area contributed by atoms with Crippen LogP contribution in [0.2, 0.25) is 0 Å². The molecule has 0 fully saturated rings. The molecule has 0 amide bonds. The Kier molecular flexibility index (Phi) is 3.66. The smallest absolute Gasteiger partial charge is 0.145 e. The number of hydrogen-bond acceptors (Lipinski definition) is 5. The molecule has 2 aromatic rings. The molecule has 2 aromatic carbocycles. The molecular formula is C14H15N3O2. The lowest BCUT2D eigenvalue weighted by Gasteiger charge is -2.12. The van der Waals surface area contributed by atoms with Crippen LogP contribution in [-0.4, -0.2) is 24.3 Å². The molecule has 0 aliphatic carbocycles. The van der Waals surface area contributed by atoms with Crippen LogP contribution in [0, 0.1) is 0 Å². The van der Waals surface area contributed by atoms with Crippen LogP contribution in [0.3, 0.4) is 0 Å². The van der Waals surface area contributed by atoms with E-state index in [1.165, 1.54) is 6.07 Å². The summed E-state index contributed by atoms with van der Waals surface area (Å²) in [6, 6.07) is 11.8. The predicted octanol–water partition coefficient (Wildman–Crippen LogP) is 3.58. The summed E-state index contributed by atoms with van der Waals surface area (Å²) in [6.07, 6.45) is 0. The summed E-state index contributed by atoms with van der Waals surface area (Å²) in [5.74, 6) is 0.0982. The number of para-hydroxylation sites is 1.